The maximum atomic E-state index is 13.7. The van der Waals surface area contributed by atoms with Gasteiger partial charge in [-0.15, -0.1) is 0 Å². The van der Waals surface area contributed by atoms with E-state index in [4.69, 9.17) is 0 Å². The van der Waals surface area contributed by atoms with Gasteiger partial charge in [0.05, 0.1) is 11.4 Å². The van der Waals surface area contributed by atoms with Gasteiger partial charge in [-0.2, -0.15) is 5.10 Å². The van der Waals surface area contributed by atoms with Crippen LogP contribution in [0, 0.1) is 11.6 Å². The van der Waals surface area contributed by atoms with Gasteiger partial charge in [-0.3, -0.25) is 0 Å². The van der Waals surface area contributed by atoms with Crippen LogP contribution in [0.2, 0.25) is 0 Å². The summed E-state index contributed by atoms with van der Waals surface area (Å²) < 4.78 is 28.2. The lowest BCUT2D eigenvalue weighted by molar-refractivity contribution is 0.0690. The van der Waals surface area contributed by atoms with Gasteiger partial charge >= 0.3 is 5.97 Å². The Morgan fingerprint density at radius 1 is 0.923 bits per heavy atom. The Morgan fingerprint density at radius 3 is 2.38 bits per heavy atom. The molecule has 0 unspecified atom stereocenters. The minimum absolute atomic E-state index is 0.175. The van der Waals surface area contributed by atoms with Crippen LogP contribution in [0.3, 0.4) is 0 Å². The highest BCUT2D eigenvalue weighted by Gasteiger charge is 2.16. The minimum atomic E-state index is -1.19. The molecule has 0 spiro atoms. The molecule has 2 heterocycles. The van der Waals surface area contributed by atoms with Crippen LogP contribution in [0.25, 0.3) is 28.2 Å². The predicted octanol–water partition coefficient (Wildman–Crippen LogP) is 4.04. The Kier molecular flexibility index (Phi) is 3.69. The molecule has 0 aliphatic rings. The lowest BCUT2D eigenvalue weighted by Gasteiger charge is -2.09. The molecular weight excluding hydrogens is 340 g/mol. The van der Waals surface area contributed by atoms with Crippen molar-refractivity contribution >= 4 is 11.6 Å². The highest BCUT2D eigenvalue weighted by atomic mass is 19.1. The summed E-state index contributed by atoms with van der Waals surface area (Å²) in [7, 11) is 0. The zero-order valence-corrected chi connectivity index (χ0v) is 13.2. The molecule has 0 bridgehead atoms. The molecule has 2 aromatic heterocycles. The van der Waals surface area contributed by atoms with Gasteiger partial charge in [0.1, 0.15) is 11.6 Å². The van der Waals surface area contributed by atoms with E-state index in [9.17, 15) is 18.7 Å². The summed E-state index contributed by atoms with van der Waals surface area (Å²) in [5.74, 6) is -2.00. The van der Waals surface area contributed by atoms with Crippen LogP contribution in [0.5, 0.6) is 0 Å². The molecule has 5 nitrogen and oxygen atoms in total. The monoisotopic (exact) mass is 351 g/mol. The summed E-state index contributed by atoms with van der Waals surface area (Å²) in [6.07, 6.45) is 0. The second-order valence-electron chi connectivity index (χ2n) is 5.65. The van der Waals surface area contributed by atoms with Crippen LogP contribution >= 0.6 is 0 Å². The van der Waals surface area contributed by atoms with Crippen LogP contribution in [-0.4, -0.2) is 25.7 Å². The van der Waals surface area contributed by atoms with E-state index in [1.165, 1.54) is 34.8 Å². The SMILES string of the molecule is O=C(O)c1cc2nc(-c3ccc(F)cc3)cc(-c3cccc(F)c3)n2n1. The van der Waals surface area contributed by atoms with Crippen LogP contribution in [0.15, 0.2) is 60.7 Å². The summed E-state index contributed by atoms with van der Waals surface area (Å²) in [4.78, 5) is 15.7. The molecule has 26 heavy (non-hydrogen) atoms. The molecule has 0 saturated heterocycles. The number of halogens is 2. The number of rotatable bonds is 3. The van der Waals surface area contributed by atoms with Gasteiger partial charge in [0.25, 0.3) is 0 Å². The fourth-order valence-electron chi connectivity index (χ4n) is 2.70. The Morgan fingerprint density at radius 2 is 1.69 bits per heavy atom. The van der Waals surface area contributed by atoms with Gasteiger partial charge in [0, 0.05) is 17.2 Å². The van der Waals surface area contributed by atoms with E-state index in [0.29, 0.717) is 28.2 Å². The van der Waals surface area contributed by atoms with E-state index >= 15 is 0 Å². The number of carboxylic acid groups (broad SMARTS) is 1. The molecule has 0 amide bonds. The summed E-state index contributed by atoms with van der Waals surface area (Å²) in [5.41, 5.74) is 2.25. The molecule has 2 aromatic carbocycles. The first-order chi connectivity index (χ1) is 12.5. The lowest BCUT2D eigenvalue weighted by atomic mass is 10.1. The molecule has 0 radical (unpaired) electrons. The maximum absolute atomic E-state index is 13.7. The number of aromatic carboxylic acids is 1. The third-order valence-electron chi connectivity index (χ3n) is 3.91. The van der Waals surface area contributed by atoms with Gasteiger partial charge in [-0.1, -0.05) is 12.1 Å². The number of aromatic nitrogens is 3. The predicted molar refractivity (Wildman–Crippen MR) is 90.7 cm³/mol. The first-order valence-electron chi connectivity index (χ1n) is 7.67. The first-order valence-corrected chi connectivity index (χ1v) is 7.67. The summed E-state index contributed by atoms with van der Waals surface area (Å²) >= 11 is 0. The molecular formula is C19H11F2N3O2. The van der Waals surface area contributed by atoms with E-state index in [1.807, 2.05) is 0 Å². The van der Waals surface area contributed by atoms with Crippen molar-refractivity contribution in [2.75, 3.05) is 0 Å². The number of fused-ring (bicyclic) bond motifs is 1. The Hall–Kier alpha value is -3.61. The molecule has 0 aliphatic carbocycles. The number of nitrogens with zero attached hydrogens (tertiary/aromatic N) is 3. The largest absolute Gasteiger partial charge is 0.476 e. The Labute approximate surface area is 146 Å². The number of carboxylic acids is 1. The smallest absolute Gasteiger partial charge is 0.356 e. The number of benzene rings is 2. The van der Waals surface area contributed by atoms with E-state index in [0.717, 1.165) is 0 Å². The summed E-state index contributed by atoms with van der Waals surface area (Å²) in [6, 6.07) is 14.6. The number of hydrogen-bond acceptors (Lipinski definition) is 3. The number of carbonyl (C=O) groups is 1. The van der Waals surface area contributed by atoms with Crippen LogP contribution < -0.4 is 0 Å². The fraction of sp³-hybridized carbons (Fsp3) is 0. The van der Waals surface area contributed by atoms with Gasteiger partial charge in [-0.05, 0) is 42.5 Å². The third-order valence-corrected chi connectivity index (χ3v) is 3.91. The topological polar surface area (TPSA) is 67.5 Å². The highest BCUT2D eigenvalue weighted by molar-refractivity contribution is 5.87. The van der Waals surface area contributed by atoms with Crippen molar-refractivity contribution in [3.63, 3.8) is 0 Å². The third kappa shape index (κ3) is 2.79. The second-order valence-corrected chi connectivity index (χ2v) is 5.65. The van der Waals surface area contributed by atoms with E-state index in [1.54, 1.807) is 30.3 Å². The summed E-state index contributed by atoms with van der Waals surface area (Å²) in [5, 5.41) is 13.2. The highest BCUT2D eigenvalue weighted by Crippen LogP contribution is 2.27. The van der Waals surface area contributed by atoms with Gasteiger partial charge in [0.2, 0.25) is 0 Å². The Bertz CT molecular complexity index is 1140. The molecule has 4 rings (SSSR count). The van der Waals surface area contributed by atoms with E-state index < -0.39 is 11.8 Å². The number of hydrogen-bond donors (Lipinski definition) is 1. The van der Waals surface area contributed by atoms with Crippen molar-refractivity contribution < 1.29 is 18.7 Å². The average molecular weight is 351 g/mol. The van der Waals surface area contributed by atoms with Crippen LogP contribution in [0.4, 0.5) is 8.78 Å². The zero-order valence-electron chi connectivity index (χ0n) is 13.2. The standard InChI is InChI=1S/C19H11F2N3O2/c20-13-6-4-11(5-7-13)15-9-17(12-2-1-3-14(21)8-12)24-18(22-15)10-16(23-24)19(25)26/h1-10H,(H,25,26). The average Bonchev–Trinajstić information content (AvgIpc) is 3.06. The summed E-state index contributed by atoms with van der Waals surface area (Å²) in [6.45, 7) is 0. The minimum Gasteiger partial charge on any atom is -0.476 e. The fourth-order valence-corrected chi connectivity index (χ4v) is 2.70. The first kappa shape index (κ1) is 15.9. The van der Waals surface area contributed by atoms with Gasteiger partial charge in [0.15, 0.2) is 11.3 Å². The molecule has 7 heteroatoms. The maximum Gasteiger partial charge on any atom is 0.356 e. The van der Waals surface area contributed by atoms with Crippen LogP contribution in [0.1, 0.15) is 10.5 Å². The van der Waals surface area contributed by atoms with Crippen molar-refractivity contribution in [1.82, 2.24) is 14.6 Å². The van der Waals surface area contributed by atoms with Gasteiger partial charge in [-0.25, -0.2) is 23.1 Å². The normalized spacial score (nSPS) is 11.0. The zero-order chi connectivity index (χ0) is 18.3. The van der Waals surface area contributed by atoms with E-state index in [2.05, 4.69) is 10.1 Å². The quantitative estimate of drug-likeness (QED) is 0.605. The molecule has 0 atom stereocenters. The van der Waals surface area contributed by atoms with Crippen molar-refractivity contribution in [3.05, 3.63) is 78.0 Å². The van der Waals surface area contributed by atoms with Crippen LogP contribution in [-0.2, 0) is 0 Å². The molecule has 0 saturated carbocycles. The molecule has 0 fully saturated rings. The molecule has 128 valence electrons. The van der Waals surface area contributed by atoms with Crippen molar-refractivity contribution in [2.45, 2.75) is 0 Å². The van der Waals surface area contributed by atoms with Gasteiger partial charge < -0.3 is 5.11 Å². The molecule has 1 N–H and O–H groups in total. The molecule has 4 aromatic rings. The lowest BCUT2D eigenvalue weighted by Crippen LogP contribution is -2.01. The van der Waals surface area contributed by atoms with Crippen molar-refractivity contribution in [1.29, 1.82) is 0 Å². The van der Waals surface area contributed by atoms with Crippen molar-refractivity contribution in [3.8, 4) is 22.5 Å². The van der Waals surface area contributed by atoms with Crippen molar-refractivity contribution in [2.24, 2.45) is 0 Å². The Balaban J connectivity index is 2.00. The molecule has 0 aliphatic heterocycles. The van der Waals surface area contributed by atoms with E-state index in [-0.39, 0.29) is 11.5 Å². The second kappa shape index (κ2) is 6.03.